The zero-order valence-electron chi connectivity index (χ0n) is 13.5. The number of hydrogen-bond donors (Lipinski definition) is 0. The van der Waals surface area contributed by atoms with E-state index in [1.54, 1.807) is 0 Å². The molecule has 25 heavy (non-hydrogen) atoms. The topological polar surface area (TPSA) is 122 Å². The highest BCUT2D eigenvalue weighted by molar-refractivity contribution is 7.87. The van der Waals surface area contributed by atoms with E-state index >= 15 is 0 Å². The molecular formula is C15H18O9S. The van der Waals surface area contributed by atoms with Crippen LogP contribution in [0.1, 0.15) is 13.3 Å². The van der Waals surface area contributed by atoms with E-state index in [2.05, 4.69) is 6.58 Å². The van der Waals surface area contributed by atoms with Crippen LogP contribution in [0, 0.1) is 17.8 Å². The average molecular weight is 374 g/mol. The summed E-state index contributed by atoms with van der Waals surface area (Å²) in [4.78, 5) is 33.7. The van der Waals surface area contributed by atoms with Crippen LogP contribution in [0.15, 0.2) is 12.2 Å². The Morgan fingerprint density at radius 3 is 2.68 bits per heavy atom. The molecule has 3 fully saturated rings. The summed E-state index contributed by atoms with van der Waals surface area (Å²) in [5.41, 5.74) is 0.133. The first-order valence-electron chi connectivity index (χ1n) is 7.75. The molecule has 9 nitrogen and oxygen atoms in total. The normalized spacial score (nSPS) is 36.7. The summed E-state index contributed by atoms with van der Waals surface area (Å²) in [6.45, 7) is 4.47. The average Bonchev–Trinajstić information content (AvgIpc) is 3.12. The van der Waals surface area contributed by atoms with Crippen LogP contribution in [0.2, 0.25) is 0 Å². The van der Waals surface area contributed by atoms with Crippen LogP contribution in [0.4, 0.5) is 0 Å². The molecule has 2 bridgehead atoms. The maximum absolute atomic E-state index is 12.2. The van der Waals surface area contributed by atoms with E-state index in [1.807, 2.05) is 0 Å². The standard InChI is InChI=1S/C15H18O9S/c1-7(2)15(18)22-5-11(17)23-13-8-3-9-12(10(8)4-21-6-16)24-25(19,20)14(9)13/h6,8-10,12-14H,1,3-5H2,2H3. The van der Waals surface area contributed by atoms with Gasteiger partial charge in [0.05, 0.1) is 12.7 Å². The molecule has 0 aromatic heterocycles. The van der Waals surface area contributed by atoms with Gasteiger partial charge in [0.1, 0.15) is 11.4 Å². The van der Waals surface area contributed by atoms with Gasteiger partial charge in [-0.25, -0.2) is 9.59 Å². The number of ether oxygens (including phenoxy) is 3. The molecule has 138 valence electrons. The molecule has 1 heterocycles. The molecule has 2 saturated carbocycles. The molecule has 2 aliphatic carbocycles. The fourth-order valence-electron chi connectivity index (χ4n) is 4.07. The lowest BCUT2D eigenvalue weighted by molar-refractivity contribution is -0.164. The second kappa shape index (κ2) is 6.41. The second-order valence-corrected chi connectivity index (χ2v) is 8.21. The minimum Gasteiger partial charge on any atom is -0.467 e. The van der Waals surface area contributed by atoms with Crippen LogP contribution >= 0.6 is 0 Å². The number of carbonyl (C=O) groups is 3. The maximum atomic E-state index is 12.2. The molecule has 3 rings (SSSR count). The van der Waals surface area contributed by atoms with Crippen molar-refractivity contribution in [1.82, 2.24) is 0 Å². The van der Waals surface area contributed by atoms with Crippen molar-refractivity contribution in [2.45, 2.75) is 30.8 Å². The molecule has 6 unspecified atom stereocenters. The number of rotatable bonds is 7. The van der Waals surface area contributed by atoms with E-state index in [0.29, 0.717) is 6.42 Å². The molecule has 0 radical (unpaired) electrons. The van der Waals surface area contributed by atoms with Crippen molar-refractivity contribution < 1.29 is 41.2 Å². The Labute approximate surface area is 144 Å². The van der Waals surface area contributed by atoms with E-state index in [-0.39, 0.29) is 36.4 Å². The van der Waals surface area contributed by atoms with E-state index in [9.17, 15) is 22.8 Å². The Kier molecular flexibility index (Phi) is 4.58. The van der Waals surface area contributed by atoms with E-state index in [0.717, 1.165) is 0 Å². The fourth-order valence-corrected chi connectivity index (χ4v) is 6.07. The van der Waals surface area contributed by atoms with Gasteiger partial charge in [0.2, 0.25) is 0 Å². The number of hydrogen-bond acceptors (Lipinski definition) is 9. The zero-order valence-corrected chi connectivity index (χ0v) is 14.3. The first-order valence-corrected chi connectivity index (χ1v) is 9.23. The third kappa shape index (κ3) is 3.04. The monoisotopic (exact) mass is 374 g/mol. The largest absolute Gasteiger partial charge is 0.467 e. The van der Waals surface area contributed by atoms with Crippen molar-refractivity contribution in [1.29, 1.82) is 0 Å². The first-order chi connectivity index (χ1) is 11.8. The van der Waals surface area contributed by atoms with Crippen LogP contribution in [0.5, 0.6) is 0 Å². The van der Waals surface area contributed by atoms with E-state index in [4.69, 9.17) is 18.4 Å². The Hall–Kier alpha value is -1.94. The van der Waals surface area contributed by atoms with Gasteiger partial charge in [0, 0.05) is 23.3 Å². The molecular weight excluding hydrogens is 356 g/mol. The van der Waals surface area contributed by atoms with Gasteiger partial charge in [-0.3, -0.25) is 8.98 Å². The second-order valence-electron chi connectivity index (χ2n) is 6.49. The van der Waals surface area contributed by atoms with Gasteiger partial charge in [-0.05, 0) is 13.3 Å². The molecule has 0 aromatic rings. The molecule has 0 spiro atoms. The van der Waals surface area contributed by atoms with Crippen LogP contribution in [-0.2, 0) is 42.9 Å². The minimum atomic E-state index is -3.87. The highest BCUT2D eigenvalue weighted by atomic mass is 32.2. The van der Waals surface area contributed by atoms with Crippen LogP contribution in [0.25, 0.3) is 0 Å². The predicted molar refractivity (Wildman–Crippen MR) is 80.3 cm³/mol. The van der Waals surface area contributed by atoms with Gasteiger partial charge in [-0.15, -0.1) is 0 Å². The Bertz CT molecular complexity index is 713. The molecule has 6 atom stereocenters. The molecule has 3 aliphatic rings. The third-order valence-electron chi connectivity index (χ3n) is 4.98. The van der Waals surface area contributed by atoms with Crippen molar-refractivity contribution in [3.63, 3.8) is 0 Å². The predicted octanol–water partition coefficient (Wildman–Crippen LogP) is -0.446. The van der Waals surface area contributed by atoms with Crippen molar-refractivity contribution in [3.05, 3.63) is 12.2 Å². The van der Waals surface area contributed by atoms with Gasteiger partial charge in [-0.1, -0.05) is 6.58 Å². The van der Waals surface area contributed by atoms with E-state index in [1.165, 1.54) is 6.92 Å². The van der Waals surface area contributed by atoms with Gasteiger partial charge >= 0.3 is 11.9 Å². The summed E-state index contributed by atoms with van der Waals surface area (Å²) >= 11 is 0. The van der Waals surface area contributed by atoms with Crippen LogP contribution < -0.4 is 0 Å². The summed E-state index contributed by atoms with van der Waals surface area (Å²) in [6.07, 6.45) is -0.966. The van der Waals surface area contributed by atoms with E-state index < -0.39 is 46.1 Å². The fraction of sp³-hybridized carbons (Fsp3) is 0.667. The quantitative estimate of drug-likeness (QED) is 0.192. The Morgan fingerprint density at radius 1 is 1.32 bits per heavy atom. The molecule has 10 heteroatoms. The number of fused-ring (bicyclic) bond motifs is 1. The molecule has 0 aromatic carbocycles. The lowest BCUT2D eigenvalue weighted by atomic mass is 9.84. The number of esters is 2. The highest BCUT2D eigenvalue weighted by Gasteiger charge is 2.70. The highest BCUT2D eigenvalue weighted by Crippen LogP contribution is 2.58. The molecule has 0 N–H and O–H groups in total. The third-order valence-corrected chi connectivity index (χ3v) is 6.75. The maximum Gasteiger partial charge on any atom is 0.344 e. The SMILES string of the molecule is C=C(C)C(=O)OCC(=O)OC1C2CC3C(OS(=O)(=O)C31)C2COC=O. The molecule has 0 amide bonds. The minimum absolute atomic E-state index is 0.00370. The van der Waals surface area contributed by atoms with Gasteiger partial charge < -0.3 is 14.2 Å². The summed E-state index contributed by atoms with van der Waals surface area (Å²) in [7, 11) is -3.87. The van der Waals surface area contributed by atoms with Crippen LogP contribution in [-0.4, -0.2) is 57.5 Å². The van der Waals surface area contributed by atoms with Crippen LogP contribution in [0.3, 0.4) is 0 Å². The van der Waals surface area contributed by atoms with Crippen molar-refractivity contribution >= 4 is 28.5 Å². The first kappa shape index (κ1) is 17.9. The van der Waals surface area contributed by atoms with Gasteiger partial charge in [0.15, 0.2) is 6.61 Å². The van der Waals surface area contributed by atoms with Gasteiger partial charge in [-0.2, -0.15) is 8.42 Å². The summed E-state index contributed by atoms with van der Waals surface area (Å²) in [6, 6.07) is 0. The van der Waals surface area contributed by atoms with Crippen molar-refractivity contribution in [3.8, 4) is 0 Å². The lowest BCUT2D eigenvalue weighted by Gasteiger charge is -2.30. The van der Waals surface area contributed by atoms with Crippen molar-refractivity contribution in [2.75, 3.05) is 13.2 Å². The smallest absolute Gasteiger partial charge is 0.344 e. The van der Waals surface area contributed by atoms with Crippen molar-refractivity contribution in [2.24, 2.45) is 17.8 Å². The summed E-state index contributed by atoms with van der Waals surface area (Å²) < 4.78 is 44.4. The molecule has 1 saturated heterocycles. The Morgan fingerprint density at radius 2 is 2.04 bits per heavy atom. The Balaban J connectivity index is 1.70. The van der Waals surface area contributed by atoms with Gasteiger partial charge in [0.25, 0.3) is 16.6 Å². The lowest BCUT2D eigenvalue weighted by Crippen LogP contribution is -2.45. The summed E-state index contributed by atoms with van der Waals surface area (Å²) in [5, 5.41) is -0.934. The summed E-state index contributed by atoms with van der Waals surface area (Å²) in [5.74, 6) is -2.54. The zero-order chi connectivity index (χ0) is 18.4. The molecule has 1 aliphatic heterocycles. The number of carbonyl (C=O) groups excluding carboxylic acids is 3.